The number of carbonyl (C=O) groups excluding carboxylic acids is 2. The Morgan fingerprint density at radius 2 is 2.00 bits per heavy atom. The minimum atomic E-state index is -0.347. The van der Waals surface area contributed by atoms with Crippen LogP contribution < -0.4 is 16.0 Å². The summed E-state index contributed by atoms with van der Waals surface area (Å²) in [6.45, 7) is 4.11. The maximum Gasteiger partial charge on any atom is 0.239 e. The largest absolute Gasteiger partial charge is 0.369 e. The second kappa shape index (κ2) is 7.78. The highest BCUT2D eigenvalue weighted by Gasteiger charge is 2.33. The summed E-state index contributed by atoms with van der Waals surface area (Å²) in [6.07, 6.45) is 0.572. The van der Waals surface area contributed by atoms with Crippen molar-refractivity contribution < 1.29 is 14.0 Å². The van der Waals surface area contributed by atoms with Crippen molar-refractivity contribution in [2.24, 2.45) is 5.73 Å². The molecule has 0 spiro atoms. The van der Waals surface area contributed by atoms with Crippen molar-refractivity contribution in [2.75, 3.05) is 11.4 Å². The minimum absolute atomic E-state index is 0.0000284. The molecule has 5 nitrogen and oxygen atoms in total. The molecule has 0 aromatic heterocycles. The predicted octanol–water partition coefficient (Wildman–Crippen LogP) is 2.62. The topological polar surface area (TPSA) is 75.4 Å². The van der Waals surface area contributed by atoms with E-state index in [1.165, 1.54) is 6.07 Å². The number of aryl methyl sites for hydroxylation is 1. The van der Waals surface area contributed by atoms with Crippen LogP contribution in [0.4, 0.5) is 10.1 Å². The van der Waals surface area contributed by atoms with Gasteiger partial charge in [-0.3, -0.25) is 9.59 Å². The number of rotatable bonds is 5. The molecule has 0 saturated carbocycles. The Labute approximate surface area is 158 Å². The van der Waals surface area contributed by atoms with Gasteiger partial charge in [-0.2, -0.15) is 0 Å². The highest BCUT2D eigenvalue weighted by Crippen LogP contribution is 2.37. The Hall–Kier alpha value is -2.89. The van der Waals surface area contributed by atoms with E-state index in [0.29, 0.717) is 17.5 Å². The molecule has 0 bridgehead atoms. The molecule has 0 unspecified atom stereocenters. The second-order valence-electron chi connectivity index (χ2n) is 7.09. The highest BCUT2D eigenvalue weighted by atomic mass is 19.1. The fourth-order valence-corrected chi connectivity index (χ4v) is 3.54. The van der Waals surface area contributed by atoms with Crippen LogP contribution in [-0.4, -0.2) is 24.4 Å². The molecule has 1 aliphatic heterocycles. The molecule has 0 radical (unpaired) electrons. The zero-order valence-electron chi connectivity index (χ0n) is 15.5. The third-order valence-corrected chi connectivity index (χ3v) is 5.11. The van der Waals surface area contributed by atoms with Gasteiger partial charge < -0.3 is 16.0 Å². The van der Waals surface area contributed by atoms with Crippen LogP contribution in [0.5, 0.6) is 0 Å². The first kappa shape index (κ1) is 18.9. The molecule has 2 aromatic carbocycles. The van der Waals surface area contributed by atoms with Crippen molar-refractivity contribution >= 4 is 17.5 Å². The summed E-state index contributed by atoms with van der Waals surface area (Å²) in [5.41, 5.74) is 8.57. The third kappa shape index (κ3) is 4.10. The number of nitrogens with zero attached hydrogens (tertiary/aromatic N) is 1. The zero-order valence-corrected chi connectivity index (χ0v) is 15.5. The lowest BCUT2D eigenvalue weighted by Crippen LogP contribution is -2.46. The Balaban J connectivity index is 1.70. The van der Waals surface area contributed by atoms with E-state index in [1.807, 2.05) is 36.1 Å². The van der Waals surface area contributed by atoms with Gasteiger partial charge in [0, 0.05) is 18.3 Å². The quantitative estimate of drug-likeness (QED) is 0.851. The molecule has 3 N–H and O–H groups in total. The van der Waals surface area contributed by atoms with Crippen LogP contribution >= 0.6 is 0 Å². The molecule has 0 fully saturated rings. The van der Waals surface area contributed by atoms with E-state index in [1.54, 1.807) is 19.1 Å². The lowest BCUT2D eigenvalue weighted by atomic mass is 9.85. The Morgan fingerprint density at radius 1 is 1.26 bits per heavy atom. The first-order valence-electron chi connectivity index (χ1n) is 9.03. The van der Waals surface area contributed by atoms with Crippen LogP contribution in [0.1, 0.15) is 36.0 Å². The van der Waals surface area contributed by atoms with E-state index in [0.717, 1.165) is 11.3 Å². The molecule has 2 atom stereocenters. The molecular formula is C21H24FN3O2. The highest BCUT2D eigenvalue weighted by molar-refractivity contribution is 5.87. The van der Waals surface area contributed by atoms with Crippen LogP contribution in [0.15, 0.2) is 42.5 Å². The number of hydrogen-bond donors (Lipinski definition) is 2. The Kier molecular flexibility index (Phi) is 5.44. The summed E-state index contributed by atoms with van der Waals surface area (Å²) < 4.78 is 13.6. The van der Waals surface area contributed by atoms with Crippen molar-refractivity contribution in [3.8, 4) is 0 Å². The first-order valence-corrected chi connectivity index (χ1v) is 9.03. The van der Waals surface area contributed by atoms with E-state index >= 15 is 0 Å². The molecule has 3 rings (SSSR count). The fraction of sp³-hybridized carbons (Fsp3) is 0.333. The van der Waals surface area contributed by atoms with Crippen LogP contribution in [0.25, 0.3) is 0 Å². The number of amides is 2. The van der Waals surface area contributed by atoms with Crippen LogP contribution in [-0.2, 0) is 16.1 Å². The number of nitrogens with one attached hydrogen (secondary N) is 1. The predicted molar refractivity (Wildman–Crippen MR) is 103 cm³/mol. The lowest BCUT2D eigenvalue weighted by Gasteiger charge is -2.39. The van der Waals surface area contributed by atoms with Gasteiger partial charge in [-0.1, -0.05) is 30.3 Å². The molecule has 27 heavy (non-hydrogen) atoms. The van der Waals surface area contributed by atoms with Crippen LogP contribution in [0, 0.1) is 12.7 Å². The van der Waals surface area contributed by atoms with Gasteiger partial charge in [0.05, 0.1) is 12.5 Å². The Morgan fingerprint density at radius 3 is 2.70 bits per heavy atom. The average Bonchev–Trinajstić information content (AvgIpc) is 2.64. The number of halogens is 1. The van der Waals surface area contributed by atoms with Gasteiger partial charge in [0.25, 0.3) is 0 Å². The van der Waals surface area contributed by atoms with E-state index in [2.05, 4.69) is 5.32 Å². The molecular weight excluding hydrogens is 345 g/mol. The van der Waals surface area contributed by atoms with Crippen molar-refractivity contribution in [1.29, 1.82) is 0 Å². The first-order chi connectivity index (χ1) is 12.9. The van der Waals surface area contributed by atoms with Crippen molar-refractivity contribution in [2.45, 2.75) is 38.8 Å². The number of anilines is 1. The number of carbonyl (C=O) groups is 2. The maximum absolute atomic E-state index is 13.6. The van der Waals surface area contributed by atoms with E-state index < -0.39 is 0 Å². The summed E-state index contributed by atoms with van der Waals surface area (Å²) in [5, 5.41) is 2.84. The van der Waals surface area contributed by atoms with Crippen LogP contribution in [0.2, 0.25) is 0 Å². The SMILES string of the molecule is Cc1ccc(CNC(=O)CN2c3ccccc3[C@@H](C(N)=O)C[C@@H]2C)cc1F. The average molecular weight is 369 g/mol. The zero-order chi connectivity index (χ0) is 19.6. The van der Waals surface area contributed by atoms with Gasteiger partial charge in [-0.15, -0.1) is 0 Å². The summed E-state index contributed by atoms with van der Waals surface area (Å²) in [4.78, 5) is 26.3. The van der Waals surface area contributed by atoms with Gasteiger partial charge in [-0.05, 0) is 49.1 Å². The lowest BCUT2D eigenvalue weighted by molar-refractivity contribution is -0.120. The molecule has 6 heteroatoms. The summed E-state index contributed by atoms with van der Waals surface area (Å²) in [7, 11) is 0. The monoisotopic (exact) mass is 369 g/mol. The molecule has 0 saturated heterocycles. The standard InChI is InChI=1S/C21H24FN3O2/c1-13-7-8-15(10-18(13)22)11-24-20(26)12-25-14(2)9-17(21(23)27)16-5-3-4-6-19(16)25/h3-8,10,14,17H,9,11-12H2,1-2H3,(H2,23,27)(H,24,26)/t14-,17-/m0/s1. The van der Waals surface area contributed by atoms with Gasteiger partial charge in [0.15, 0.2) is 0 Å². The third-order valence-electron chi connectivity index (χ3n) is 5.11. The fourth-order valence-electron chi connectivity index (χ4n) is 3.54. The smallest absolute Gasteiger partial charge is 0.239 e. The number of hydrogen-bond acceptors (Lipinski definition) is 3. The van der Waals surface area contributed by atoms with E-state index in [-0.39, 0.29) is 42.7 Å². The van der Waals surface area contributed by atoms with Gasteiger partial charge >= 0.3 is 0 Å². The maximum atomic E-state index is 13.6. The summed E-state index contributed by atoms with van der Waals surface area (Å²) in [5.74, 6) is -1.13. The number of benzene rings is 2. The number of para-hydroxylation sites is 1. The van der Waals surface area contributed by atoms with Crippen molar-refractivity contribution in [1.82, 2.24) is 5.32 Å². The summed E-state index contributed by atoms with van der Waals surface area (Å²) >= 11 is 0. The second-order valence-corrected chi connectivity index (χ2v) is 7.09. The molecule has 142 valence electrons. The minimum Gasteiger partial charge on any atom is -0.369 e. The van der Waals surface area contributed by atoms with Gasteiger partial charge in [0.2, 0.25) is 11.8 Å². The van der Waals surface area contributed by atoms with E-state index in [9.17, 15) is 14.0 Å². The van der Waals surface area contributed by atoms with E-state index in [4.69, 9.17) is 5.73 Å². The molecule has 0 aliphatic carbocycles. The number of primary amides is 1. The van der Waals surface area contributed by atoms with Crippen molar-refractivity contribution in [3.05, 3.63) is 65.0 Å². The van der Waals surface area contributed by atoms with Gasteiger partial charge in [-0.25, -0.2) is 4.39 Å². The normalized spacial score (nSPS) is 18.7. The number of nitrogens with two attached hydrogens (primary N) is 1. The Bertz CT molecular complexity index is 868. The molecule has 2 aromatic rings. The molecule has 1 heterocycles. The van der Waals surface area contributed by atoms with Crippen LogP contribution in [0.3, 0.4) is 0 Å². The number of fused-ring (bicyclic) bond motifs is 1. The van der Waals surface area contributed by atoms with Gasteiger partial charge in [0.1, 0.15) is 5.82 Å². The van der Waals surface area contributed by atoms with Crippen molar-refractivity contribution in [3.63, 3.8) is 0 Å². The summed E-state index contributed by atoms with van der Waals surface area (Å²) in [6, 6.07) is 12.5. The molecule has 1 aliphatic rings. The molecule has 2 amide bonds.